The largest absolute Gasteiger partial charge is 0.371 e. The van der Waals surface area contributed by atoms with Crippen LogP contribution in [0.15, 0.2) is 27.5 Å². The van der Waals surface area contributed by atoms with Crippen LogP contribution in [0.25, 0.3) is 0 Å². The van der Waals surface area contributed by atoms with Crippen molar-refractivity contribution in [1.82, 2.24) is 0 Å². The number of sulfonamides is 1. The van der Waals surface area contributed by atoms with Gasteiger partial charge in [-0.15, -0.1) is 4.40 Å². The summed E-state index contributed by atoms with van der Waals surface area (Å²) in [6.45, 7) is 4.22. The predicted molar refractivity (Wildman–Crippen MR) is 88.8 cm³/mol. The summed E-state index contributed by atoms with van der Waals surface area (Å²) >= 11 is 1.29. The summed E-state index contributed by atoms with van der Waals surface area (Å²) in [4.78, 5) is 2.53. The molecule has 2 aliphatic heterocycles. The minimum absolute atomic E-state index is 0.274. The summed E-state index contributed by atoms with van der Waals surface area (Å²) in [7, 11) is -3.60. The summed E-state index contributed by atoms with van der Waals surface area (Å²) in [5.41, 5.74) is 1.58. The fourth-order valence-corrected chi connectivity index (χ4v) is 4.51. The van der Waals surface area contributed by atoms with E-state index in [1.165, 1.54) is 11.8 Å². The van der Waals surface area contributed by atoms with Crippen LogP contribution in [0, 0.1) is 5.92 Å². The molecule has 0 amide bonds. The van der Waals surface area contributed by atoms with E-state index >= 15 is 0 Å². The second-order valence-corrected chi connectivity index (χ2v) is 7.92. The number of thioether (sulfide) groups is 1. The topological polar surface area (TPSA) is 61.8 Å². The van der Waals surface area contributed by atoms with Gasteiger partial charge in [0.25, 0.3) is 10.0 Å². The molecule has 0 bridgehead atoms. The van der Waals surface area contributed by atoms with Crippen LogP contribution >= 0.6 is 11.8 Å². The third-order valence-corrected chi connectivity index (χ3v) is 6.04. The maximum absolute atomic E-state index is 12.3. The Hall–Kier alpha value is -1.21. The van der Waals surface area contributed by atoms with E-state index in [9.17, 15) is 8.42 Å². The lowest BCUT2D eigenvalue weighted by molar-refractivity contribution is 0.438. The van der Waals surface area contributed by atoms with Gasteiger partial charge < -0.3 is 10.2 Å². The third-order valence-electron chi connectivity index (χ3n) is 4.03. The molecule has 1 aromatic carbocycles. The van der Waals surface area contributed by atoms with Crippen molar-refractivity contribution < 1.29 is 8.42 Å². The van der Waals surface area contributed by atoms with Crippen molar-refractivity contribution >= 4 is 38.3 Å². The maximum atomic E-state index is 12.3. The average molecular weight is 325 g/mol. The van der Waals surface area contributed by atoms with Gasteiger partial charge in [0, 0.05) is 18.8 Å². The van der Waals surface area contributed by atoms with Crippen molar-refractivity contribution in [3.63, 3.8) is 0 Å². The number of hydrogen-bond acceptors (Lipinski definition) is 5. The molecule has 2 aliphatic rings. The molecule has 7 heteroatoms. The standard InChI is InChI=1S/C14H19N3O2S2/c1-10-5-7-17(8-6-10)11-3-4-12-13(9-11)21(18,19)16-14(15-12)20-2/h3-4,9-10H,5-8H2,1-2H3,(H,15,16). The molecule has 1 aromatic rings. The first-order chi connectivity index (χ1) is 9.99. The molecule has 3 rings (SSSR count). The number of anilines is 2. The molecule has 0 atom stereocenters. The van der Waals surface area contributed by atoms with Gasteiger partial charge in [-0.05, 0) is 43.2 Å². The highest BCUT2D eigenvalue weighted by Crippen LogP contribution is 2.33. The summed E-state index contributed by atoms with van der Waals surface area (Å²) in [6, 6.07) is 5.57. The quantitative estimate of drug-likeness (QED) is 0.860. The zero-order valence-corrected chi connectivity index (χ0v) is 13.8. The van der Waals surface area contributed by atoms with Crippen molar-refractivity contribution in [2.75, 3.05) is 29.6 Å². The molecule has 2 heterocycles. The predicted octanol–water partition coefficient (Wildman–Crippen LogP) is 2.76. The molecule has 114 valence electrons. The Morgan fingerprint density at radius 3 is 2.71 bits per heavy atom. The van der Waals surface area contributed by atoms with Crippen molar-refractivity contribution in [3.8, 4) is 0 Å². The molecule has 0 saturated carbocycles. The molecule has 1 saturated heterocycles. The number of amidine groups is 1. The second kappa shape index (κ2) is 5.53. The fraction of sp³-hybridized carbons (Fsp3) is 0.500. The van der Waals surface area contributed by atoms with E-state index in [0.29, 0.717) is 10.9 Å². The van der Waals surface area contributed by atoms with Crippen LogP contribution in [0.5, 0.6) is 0 Å². The molecule has 0 aliphatic carbocycles. The number of nitrogens with zero attached hydrogens (tertiary/aromatic N) is 2. The molecule has 0 spiro atoms. The van der Waals surface area contributed by atoms with Crippen molar-refractivity contribution in [2.24, 2.45) is 10.3 Å². The first-order valence-electron chi connectivity index (χ1n) is 7.04. The highest BCUT2D eigenvalue weighted by atomic mass is 32.2. The van der Waals surface area contributed by atoms with Gasteiger partial charge in [0.1, 0.15) is 4.90 Å². The smallest absolute Gasteiger partial charge is 0.286 e. The minimum atomic E-state index is -3.60. The molecule has 0 aromatic heterocycles. The first-order valence-corrected chi connectivity index (χ1v) is 9.71. The van der Waals surface area contributed by atoms with Gasteiger partial charge in [-0.25, -0.2) is 0 Å². The molecule has 0 unspecified atom stereocenters. The lowest BCUT2D eigenvalue weighted by Crippen LogP contribution is -2.33. The number of hydrogen-bond donors (Lipinski definition) is 1. The highest BCUT2D eigenvalue weighted by Gasteiger charge is 2.26. The summed E-state index contributed by atoms with van der Waals surface area (Å²) < 4.78 is 28.3. The van der Waals surface area contributed by atoms with Gasteiger partial charge in [0.15, 0.2) is 5.17 Å². The number of rotatable bonds is 1. The highest BCUT2D eigenvalue weighted by molar-refractivity contribution is 8.14. The van der Waals surface area contributed by atoms with E-state index in [4.69, 9.17) is 0 Å². The van der Waals surface area contributed by atoms with Crippen molar-refractivity contribution in [2.45, 2.75) is 24.7 Å². The average Bonchev–Trinajstić information content (AvgIpc) is 2.47. The van der Waals surface area contributed by atoms with Gasteiger partial charge in [-0.1, -0.05) is 18.7 Å². The van der Waals surface area contributed by atoms with Crippen LogP contribution in [0.1, 0.15) is 19.8 Å². The van der Waals surface area contributed by atoms with Gasteiger partial charge in [0.05, 0.1) is 5.69 Å². The van der Waals surface area contributed by atoms with Crippen LogP contribution in [0.3, 0.4) is 0 Å². The van der Waals surface area contributed by atoms with Gasteiger partial charge in [-0.2, -0.15) is 8.42 Å². The number of fused-ring (bicyclic) bond motifs is 1. The molecule has 1 fully saturated rings. The molecular formula is C14H19N3O2S2. The van der Waals surface area contributed by atoms with Crippen LogP contribution in [0.4, 0.5) is 11.4 Å². The molecule has 5 nitrogen and oxygen atoms in total. The molecule has 1 N–H and O–H groups in total. The molecule has 21 heavy (non-hydrogen) atoms. The van der Waals surface area contributed by atoms with E-state index in [-0.39, 0.29) is 4.90 Å². The summed E-state index contributed by atoms with van der Waals surface area (Å²) in [5, 5.41) is 3.47. The van der Waals surface area contributed by atoms with E-state index in [0.717, 1.165) is 37.5 Å². The Bertz CT molecular complexity index is 677. The Morgan fingerprint density at radius 2 is 2.05 bits per heavy atom. The Kier molecular flexibility index (Phi) is 3.88. The maximum Gasteiger partial charge on any atom is 0.286 e. The van der Waals surface area contributed by atoms with E-state index in [1.54, 1.807) is 12.3 Å². The van der Waals surface area contributed by atoms with Crippen molar-refractivity contribution in [3.05, 3.63) is 18.2 Å². The van der Waals surface area contributed by atoms with Gasteiger partial charge in [-0.3, -0.25) is 0 Å². The first kappa shape index (κ1) is 14.7. The SMILES string of the molecule is CSC1=NS(=O)(=O)c2cc(N3CCC(C)CC3)ccc2N1. The monoisotopic (exact) mass is 325 g/mol. The zero-order valence-electron chi connectivity index (χ0n) is 12.2. The van der Waals surface area contributed by atoms with Crippen LogP contribution in [0.2, 0.25) is 0 Å². The van der Waals surface area contributed by atoms with E-state index in [2.05, 4.69) is 21.5 Å². The normalized spacial score (nSPS) is 21.4. The second-order valence-electron chi connectivity index (χ2n) is 5.55. The third kappa shape index (κ3) is 2.89. The van der Waals surface area contributed by atoms with Crippen LogP contribution in [-0.4, -0.2) is 32.9 Å². The molecule has 0 radical (unpaired) electrons. The van der Waals surface area contributed by atoms with Crippen LogP contribution in [-0.2, 0) is 10.0 Å². The summed E-state index contributed by atoms with van der Waals surface area (Å²) in [5.74, 6) is 0.748. The molecular weight excluding hydrogens is 306 g/mol. The van der Waals surface area contributed by atoms with Gasteiger partial charge >= 0.3 is 0 Å². The number of benzene rings is 1. The van der Waals surface area contributed by atoms with E-state index in [1.807, 2.05) is 12.1 Å². The fourth-order valence-electron chi connectivity index (χ4n) is 2.68. The van der Waals surface area contributed by atoms with Crippen LogP contribution < -0.4 is 10.2 Å². The van der Waals surface area contributed by atoms with Crippen molar-refractivity contribution in [1.29, 1.82) is 0 Å². The number of piperidine rings is 1. The Labute approximate surface area is 129 Å². The zero-order chi connectivity index (χ0) is 15.0. The Balaban J connectivity index is 1.94. The Morgan fingerprint density at radius 1 is 1.33 bits per heavy atom. The van der Waals surface area contributed by atoms with Gasteiger partial charge in [0.2, 0.25) is 0 Å². The summed E-state index contributed by atoms with van der Waals surface area (Å²) in [6.07, 6.45) is 4.10. The number of nitrogens with one attached hydrogen (secondary N) is 1. The van der Waals surface area contributed by atoms with E-state index < -0.39 is 10.0 Å². The lowest BCUT2D eigenvalue weighted by atomic mass is 9.99. The lowest BCUT2D eigenvalue weighted by Gasteiger charge is -2.32. The minimum Gasteiger partial charge on any atom is -0.371 e.